The zero-order valence-corrected chi connectivity index (χ0v) is 9.98. The molecule has 0 unspecified atom stereocenters. The average molecular weight is 263 g/mol. The van der Waals surface area contributed by atoms with Crippen LogP contribution in [0.4, 0.5) is 0 Å². The molecule has 0 radical (unpaired) electrons. The van der Waals surface area contributed by atoms with Crippen molar-refractivity contribution >= 4 is 28.6 Å². The van der Waals surface area contributed by atoms with Crippen molar-refractivity contribution in [2.75, 3.05) is 14.2 Å². The Morgan fingerprint density at radius 3 is 2.46 bits per heavy atom. The summed E-state index contributed by atoms with van der Waals surface area (Å²) in [7, 11) is 3.23. The van der Waals surface area contributed by atoms with E-state index in [0.717, 1.165) is 15.8 Å². The van der Waals surface area contributed by atoms with Crippen LogP contribution in [0.1, 0.15) is 5.56 Å². The van der Waals surface area contributed by atoms with Gasteiger partial charge < -0.3 is 9.47 Å². The molecule has 0 aliphatic carbocycles. The second kappa shape index (κ2) is 4.77. The number of halogens is 1. The molecule has 0 spiro atoms. The van der Waals surface area contributed by atoms with Crippen LogP contribution in [0.5, 0.6) is 11.5 Å². The molecule has 0 aliphatic heterocycles. The topological polar surface area (TPSA) is 18.5 Å². The van der Waals surface area contributed by atoms with Gasteiger partial charge in [-0.3, -0.25) is 0 Å². The standard InChI is InChI=1S/C9H11BrO2S/c1-11-7-4-3-6(5-13)8(10)9(7)12-2/h3-4,13H,5H2,1-2H3. The highest BCUT2D eigenvalue weighted by atomic mass is 79.9. The number of ether oxygens (including phenoxy) is 2. The molecule has 1 aromatic rings. The lowest BCUT2D eigenvalue weighted by molar-refractivity contribution is 0.353. The third-order valence-electron chi connectivity index (χ3n) is 1.74. The highest BCUT2D eigenvalue weighted by Gasteiger charge is 2.10. The van der Waals surface area contributed by atoms with E-state index in [1.54, 1.807) is 14.2 Å². The monoisotopic (exact) mass is 262 g/mol. The van der Waals surface area contributed by atoms with E-state index in [0.29, 0.717) is 11.5 Å². The average Bonchev–Trinajstić information content (AvgIpc) is 2.17. The van der Waals surface area contributed by atoms with Crippen LogP contribution in [-0.2, 0) is 5.75 Å². The Bertz CT molecular complexity index is 302. The van der Waals surface area contributed by atoms with E-state index in [4.69, 9.17) is 9.47 Å². The molecule has 72 valence electrons. The highest BCUT2D eigenvalue weighted by molar-refractivity contribution is 9.10. The number of hydrogen-bond acceptors (Lipinski definition) is 3. The van der Waals surface area contributed by atoms with Crippen molar-refractivity contribution in [3.05, 3.63) is 22.2 Å². The van der Waals surface area contributed by atoms with Gasteiger partial charge in [-0.25, -0.2) is 0 Å². The van der Waals surface area contributed by atoms with Gasteiger partial charge in [-0.1, -0.05) is 6.07 Å². The lowest BCUT2D eigenvalue weighted by atomic mass is 10.2. The predicted molar refractivity (Wildman–Crippen MR) is 59.9 cm³/mol. The molecule has 1 rings (SSSR count). The fraction of sp³-hybridized carbons (Fsp3) is 0.333. The van der Waals surface area contributed by atoms with Crippen molar-refractivity contribution in [3.8, 4) is 11.5 Å². The quantitative estimate of drug-likeness (QED) is 0.845. The van der Waals surface area contributed by atoms with Gasteiger partial charge in [0.25, 0.3) is 0 Å². The molecule has 0 bridgehead atoms. The Morgan fingerprint density at radius 1 is 1.31 bits per heavy atom. The molecule has 0 heterocycles. The lowest BCUT2D eigenvalue weighted by Crippen LogP contribution is -1.93. The van der Waals surface area contributed by atoms with Gasteiger partial charge in [0.05, 0.1) is 18.7 Å². The summed E-state index contributed by atoms with van der Waals surface area (Å²) in [6, 6.07) is 3.83. The van der Waals surface area contributed by atoms with E-state index in [1.807, 2.05) is 12.1 Å². The normalized spacial score (nSPS) is 9.85. The Kier molecular flexibility index (Phi) is 3.93. The first kappa shape index (κ1) is 10.7. The van der Waals surface area contributed by atoms with Crippen LogP contribution >= 0.6 is 28.6 Å². The molecule has 13 heavy (non-hydrogen) atoms. The van der Waals surface area contributed by atoms with Crippen molar-refractivity contribution in [2.45, 2.75) is 5.75 Å². The minimum atomic E-state index is 0.668. The van der Waals surface area contributed by atoms with E-state index < -0.39 is 0 Å². The van der Waals surface area contributed by atoms with Crippen LogP contribution in [0.2, 0.25) is 0 Å². The smallest absolute Gasteiger partial charge is 0.175 e. The van der Waals surface area contributed by atoms with Gasteiger partial charge in [0.1, 0.15) is 0 Å². The summed E-state index contributed by atoms with van der Waals surface area (Å²) >= 11 is 7.64. The number of thiol groups is 1. The van der Waals surface area contributed by atoms with Gasteiger partial charge in [0, 0.05) is 5.75 Å². The summed E-state index contributed by atoms with van der Waals surface area (Å²) in [6.45, 7) is 0. The predicted octanol–water partition coefficient (Wildman–Crippen LogP) is 2.90. The van der Waals surface area contributed by atoms with Crippen molar-refractivity contribution in [1.82, 2.24) is 0 Å². The first-order valence-corrected chi connectivity index (χ1v) is 5.17. The van der Waals surface area contributed by atoms with Gasteiger partial charge in [-0.15, -0.1) is 0 Å². The molecule has 0 saturated heterocycles. The van der Waals surface area contributed by atoms with Gasteiger partial charge >= 0.3 is 0 Å². The van der Waals surface area contributed by atoms with E-state index in [9.17, 15) is 0 Å². The molecule has 2 nitrogen and oxygen atoms in total. The lowest BCUT2D eigenvalue weighted by Gasteiger charge is -2.11. The molecular formula is C9H11BrO2S. The summed E-state index contributed by atoms with van der Waals surface area (Å²) in [5.41, 5.74) is 1.08. The maximum absolute atomic E-state index is 5.20. The number of benzene rings is 1. The van der Waals surface area contributed by atoms with Gasteiger partial charge in [0.15, 0.2) is 11.5 Å². The van der Waals surface area contributed by atoms with Crippen LogP contribution in [0.15, 0.2) is 16.6 Å². The highest BCUT2D eigenvalue weighted by Crippen LogP contribution is 2.37. The van der Waals surface area contributed by atoms with E-state index in [-0.39, 0.29) is 0 Å². The zero-order valence-electron chi connectivity index (χ0n) is 7.50. The fourth-order valence-electron chi connectivity index (χ4n) is 1.05. The maximum Gasteiger partial charge on any atom is 0.175 e. The summed E-state index contributed by atoms with van der Waals surface area (Å²) in [5, 5.41) is 0. The minimum Gasteiger partial charge on any atom is -0.493 e. The van der Waals surface area contributed by atoms with Crippen LogP contribution in [-0.4, -0.2) is 14.2 Å². The van der Waals surface area contributed by atoms with E-state index in [1.165, 1.54) is 0 Å². The summed E-state index contributed by atoms with van der Waals surface area (Å²) in [6.07, 6.45) is 0. The van der Waals surface area contributed by atoms with E-state index in [2.05, 4.69) is 28.6 Å². The summed E-state index contributed by atoms with van der Waals surface area (Å²) in [5.74, 6) is 2.11. The number of methoxy groups -OCH3 is 2. The minimum absolute atomic E-state index is 0.668. The van der Waals surface area contributed by atoms with Crippen molar-refractivity contribution in [1.29, 1.82) is 0 Å². The zero-order chi connectivity index (χ0) is 9.84. The Morgan fingerprint density at radius 2 is 2.00 bits per heavy atom. The van der Waals surface area contributed by atoms with Gasteiger partial charge in [0.2, 0.25) is 0 Å². The number of rotatable bonds is 3. The Hall–Kier alpha value is -0.350. The molecule has 0 N–H and O–H groups in total. The first-order valence-electron chi connectivity index (χ1n) is 3.74. The molecular weight excluding hydrogens is 252 g/mol. The second-order valence-electron chi connectivity index (χ2n) is 2.43. The molecule has 0 atom stereocenters. The fourth-order valence-corrected chi connectivity index (χ4v) is 2.16. The summed E-state index contributed by atoms with van der Waals surface area (Å²) in [4.78, 5) is 0. The first-order chi connectivity index (χ1) is 6.24. The van der Waals surface area contributed by atoms with Crippen molar-refractivity contribution in [2.24, 2.45) is 0 Å². The molecule has 0 aliphatic rings. The SMILES string of the molecule is COc1ccc(CS)c(Br)c1OC. The third-order valence-corrected chi connectivity index (χ3v) is 2.95. The largest absolute Gasteiger partial charge is 0.493 e. The van der Waals surface area contributed by atoms with Crippen LogP contribution in [0, 0.1) is 0 Å². The second-order valence-corrected chi connectivity index (χ2v) is 3.54. The van der Waals surface area contributed by atoms with Crippen LogP contribution in [0.3, 0.4) is 0 Å². The van der Waals surface area contributed by atoms with Gasteiger partial charge in [-0.2, -0.15) is 12.6 Å². The van der Waals surface area contributed by atoms with Crippen molar-refractivity contribution in [3.63, 3.8) is 0 Å². The third kappa shape index (κ3) is 2.11. The molecule has 1 aromatic carbocycles. The Labute approximate surface area is 91.8 Å². The molecule has 0 saturated carbocycles. The molecule has 0 amide bonds. The van der Waals surface area contributed by atoms with Crippen molar-refractivity contribution < 1.29 is 9.47 Å². The Balaban J connectivity index is 3.23. The number of hydrogen-bond donors (Lipinski definition) is 1. The van der Waals surface area contributed by atoms with Crippen LogP contribution in [0.25, 0.3) is 0 Å². The molecule has 0 aromatic heterocycles. The molecule has 0 fully saturated rings. The van der Waals surface area contributed by atoms with E-state index >= 15 is 0 Å². The van der Waals surface area contributed by atoms with Gasteiger partial charge in [-0.05, 0) is 27.6 Å². The summed E-state index contributed by atoms with van der Waals surface area (Å²) < 4.78 is 11.2. The molecule has 4 heteroatoms. The maximum atomic E-state index is 5.20. The van der Waals surface area contributed by atoms with Crippen LogP contribution < -0.4 is 9.47 Å².